The third-order valence-corrected chi connectivity index (χ3v) is 6.25. The molecule has 0 aliphatic heterocycles. The van der Waals surface area contributed by atoms with Gasteiger partial charge >= 0.3 is 0 Å². The zero-order valence-electron chi connectivity index (χ0n) is 13.1. The fourth-order valence-corrected chi connectivity index (χ4v) is 5.20. The summed E-state index contributed by atoms with van der Waals surface area (Å²) in [5.41, 5.74) is 0. The van der Waals surface area contributed by atoms with Crippen LogP contribution in [0.1, 0.15) is 79.1 Å². The molecule has 0 aromatic carbocycles. The predicted molar refractivity (Wildman–Crippen MR) is 80.6 cm³/mol. The summed E-state index contributed by atoms with van der Waals surface area (Å²) < 4.78 is 0. The van der Waals surface area contributed by atoms with Gasteiger partial charge in [-0.25, -0.2) is 0 Å². The van der Waals surface area contributed by atoms with Crippen molar-refractivity contribution in [3.63, 3.8) is 0 Å². The van der Waals surface area contributed by atoms with Crippen LogP contribution < -0.4 is 0 Å². The lowest BCUT2D eigenvalue weighted by Gasteiger charge is -2.48. The van der Waals surface area contributed by atoms with Gasteiger partial charge in [-0.05, 0) is 41.9 Å². The minimum Gasteiger partial charge on any atom is -0.0654 e. The van der Waals surface area contributed by atoms with Crippen molar-refractivity contribution in [2.45, 2.75) is 79.1 Å². The van der Waals surface area contributed by atoms with Gasteiger partial charge in [-0.15, -0.1) is 0 Å². The first-order valence-corrected chi connectivity index (χ1v) is 8.65. The first kappa shape index (κ1) is 14.4. The lowest BCUT2D eigenvalue weighted by molar-refractivity contribution is 0.0134. The SMILES string of the molecule is CCCC1C(C)CCC(C)C1C1CCCCC1C. The van der Waals surface area contributed by atoms with Crippen LogP contribution in [0.2, 0.25) is 0 Å². The number of hydrogen-bond acceptors (Lipinski definition) is 0. The van der Waals surface area contributed by atoms with E-state index >= 15 is 0 Å². The second-order valence-corrected chi connectivity index (χ2v) is 7.49. The van der Waals surface area contributed by atoms with E-state index in [1.54, 1.807) is 0 Å². The normalized spacial score (nSPS) is 46.0. The van der Waals surface area contributed by atoms with Crippen LogP contribution in [0, 0.1) is 35.5 Å². The third-order valence-electron chi connectivity index (χ3n) is 6.25. The molecule has 0 saturated heterocycles. The standard InChI is InChI=1S/C18H34/c1-5-8-16-14(3)11-12-15(4)18(16)17-10-7-6-9-13(17)2/h13-18H,5-12H2,1-4H3. The first-order chi connectivity index (χ1) is 8.65. The summed E-state index contributed by atoms with van der Waals surface area (Å²) >= 11 is 0. The molecule has 0 nitrogen and oxygen atoms in total. The van der Waals surface area contributed by atoms with Gasteiger partial charge in [-0.2, -0.15) is 0 Å². The van der Waals surface area contributed by atoms with E-state index < -0.39 is 0 Å². The molecule has 0 aromatic heterocycles. The Bertz CT molecular complexity index is 234. The molecule has 6 unspecified atom stereocenters. The summed E-state index contributed by atoms with van der Waals surface area (Å²) in [7, 11) is 0. The van der Waals surface area contributed by atoms with E-state index in [0.29, 0.717) is 0 Å². The molecule has 0 heteroatoms. The van der Waals surface area contributed by atoms with Gasteiger partial charge in [-0.1, -0.05) is 72.6 Å². The maximum absolute atomic E-state index is 2.56. The maximum atomic E-state index is 2.56. The molecule has 0 heterocycles. The summed E-state index contributed by atoms with van der Waals surface area (Å²) in [4.78, 5) is 0. The largest absolute Gasteiger partial charge is 0.0654 e. The Morgan fingerprint density at radius 3 is 2.11 bits per heavy atom. The summed E-state index contributed by atoms with van der Waals surface area (Å²) in [5.74, 6) is 6.10. The molecular weight excluding hydrogens is 216 g/mol. The Morgan fingerprint density at radius 1 is 0.778 bits per heavy atom. The van der Waals surface area contributed by atoms with Gasteiger partial charge in [0.05, 0.1) is 0 Å². The fourth-order valence-electron chi connectivity index (χ4n) is 5.20. The van der Waals surface area contributed by atoms with Gasteiger partial charge in [-0.3, -0.25) is 0 Å². The lowest BCUT2D eigenvalue weighted by atomic mass is 9.57. The Balaban J connectivity index is 2.13. The van der Waals surface area contributed by atoms with E-state index in [2.05, 4.69) is 27.7 Å². The van der Waals surface area contributed by atoms with Crippen LogP contribution in [0.15, 0.2) is 0 Å². The molecule has 0 aromatic rings. The van der Waals surface area contributed by atoms with Crippen LogP contribution in [0.4, 0.5) is 0 Å². The Kier molecular flexibility index (Phi) is 5.15. The van der Waals surface area contributed by atoms with E-state index in [-0.39, 0.29) is 0 Å². The van der Waals surface area contributed by atoms with E-state index in [0.717, 1.165) is 35.5 Å². The Morgan fingerprint density at radius 2 is 1.44 bits per heavy atom. The highest BCUT2D eigenvalue weighted by atomic mass is 14.5. The molecule has 0 amide bonds. The Labute approximate surface area is 115 Å². The molecule has 0 radical (unpaired) electrons. The number of rotatable bonds is 3. The molecule has 2 aliphatic carbocycles. The van der Waals surface area contributed by atoms with Crippen LogP contribution in [0.3, 0.4) is 0 Å². The molecule has 6 atom stereocenters. The highest BCUT2D eigenvalue weighted by Gasteiger charge is 2.41. The molecular formula is C18H34. The monoisotopic (exact) mass is 250 g/mol. The van der Waals surface area contributed by atoms with Crippen molar-refractivity contribution in [1.82, 2.24) is 0 Å². The molecule has 18 heavy (non-hydrogen) atoms. The lowest BCUT2D eigenvalue weighted by Crippen LogP contribution is -2.40. The van der Waals surface area contributed by atoms with Crippen molar-refractivity contribution in [3.8, 4) is 0 Å². The highest BCUT2D eigenvalue weighted by molar-refractivity contribution is 4.90. The summed E-state index contributed by atoms with van der Waals surface area (Å²) in [5, 5.41) is 0. The average Bonchev–Trinajstić information content (AvgIpc) is 2.36. The van der Waals surface area contributed by atoms with Crippen molar-refractivity contribution in [2.75, 3.05) is 0 Å². The average molecular weight is 250 g/mol. The molecule has 2 aliphatic rings. The van der Waals surface area contributed by atoms with Crippen molar-refractivity contribution in [2.24, 2.45) is 35.5 Å². The quantitative estimate of drug-likeness (QED) is 0.584. The first-order valence-electron chi connectivity index (χ1n) is 8.65. The smallest absolute Gasteiger partial charge is 0.0327 e. The predicted octanol–water partition coefficient (Wildman–Crippen LogP) is 5.91. The van der Waals surface area contributed by atoms with Crippen molar-refractivity contribution < 1.29 is 0 Å². The minimum absolute atomic E-state index is 0.986. The topological polar surface area (TPSA) is 0 Å². The fraction of sp³-hybridized carbons (Fsp3) is 1.00. The zero-order valence-corrected chi connectivity index (χ0v) is 13.1. The zero-order chi connectivity index (χ0) is 13.1. The highest BCUT2D eigenvalue weighted by Crippen LogP contribution is 2.49. The molecule has 0 bridgehead atoms. The Hall–Kier alpha value is 0. The third kappa shape index (κ3) is 2.94. The van der Waals surface area contributed by atoms with E-state index in [1.807, 2.05) is 0 Å². The summed E-state index contributed by atoms with van der Waals surface area (Å²) in [6.45, 7) is 10.0. The van der Waals surface area contributed by atoms with Gasteiger partial charge < -0.3 is 0 Å². The van der Waals surface area contributed by atoms with Crippen LogP contribution in [-0.4, -0.2) is 0 Å². The van der Waals surface area contributed by atoms with Gasteiger partial charge in [0, 0.05) is 0 Å². The van der Waals surface area contributed by atoms with Crippen molar-refractivity contribution in [3.05, 3.63) is 0 Å². The van der Waals surface area contributed by atoms with Crippen LogP contribution in [0.25, 0.3) is 0 Å². The second kappa shape index (κ2) is 6.44. The van der Waals surface area contributed by atoms with E-state index in [9.17, 15) is 0 Å². The van der Waals surface area contributed by atoms with Crippen molar-refractivity contribution >= 4 is 0 Å². The minimum atomic E-state index is 0.986. The molecule has 2 rings (SSSR count). The molecule has 0 N–H and O–H groups in total. The maximum Gasteiger partial charge on any atom is -0.0327 e. The van der Waals surface area contributed by atoms with Crippen LogP contribution >= 0.6 is 0 Å². The van der Waals surface area contributed by atoms with Gasteiger partial charge in [0.25, 0.3) is 0 Å². The van der Waals surface area contributed by atoms with E-state index in [4.69, 9.17) is 0 Å². The molecule has 2 saturated carbocycles. The second-order valence-electron chi connectivity index (χ2n) is 7.49. The summed E-state index contributed by atoms with van der Waals surface area (Å²) in [6, 6.07) is 0. The molecule has 106 valence electrons. The number of hydrogen-bond donors (Lipinski definition) is 0. The van der Waals surface area contributed by atoms with E-state index in [1.165, 1.54) is 51.4 Å². The molecule has 0 spiro atoms. The summed E-state index contributed by atoms with van der Waals surface area (Å²) in [6.07, 6.45) is 11.9. The van der Waals surface area contributed by atoms with Crippen LogP contribution in [-0.2, 0) is 0 Å². The van der Waals surface area contributed by atoms with Gasteiger partial charge in [0.15, 0.2) is 0 Å². The van der Waals surface area contributed by atoms with Gasteiger partial charge in [0.1, 0.15) is 0 Å². The van der Waals surface area contributed by atoms with Crippen molar-refractivity contribution in [1.29, 1.82) is 0 Å². The molecule has 2 fully saturated rings. The van der Waals surface area contributed by atoms with Crippen LogP contribution in [0.5, 0.6) is 0 Å². The van der Waals surface area contributed by atoms with Gasteiger partial charge in [0.2, 0.25) is 0 Å².